The van der Waals surface area contributed by atoms with Crippen LogP contribution in [-0.2, 0) is 0 Å². The van der Waals surface area contributed by atoms with Gasteiger partial charge in [0.15, 0.2) is 5.69 Å². The molecule has 2 aromatic heterocycles. The molecule has 1 fully saturated rings. The normalized spacial score (nSPS) is 16.7. The third kappa shape index (κ3) is 3.95. The molecule has 3 aromatic rings. The minimum absolute atomic E-state index is 0.0641. The largest absolute Gasteiger partial charge is 0.443 e. The van der Waals surface area contributed by atoms with Gasteiger partial charge in [-0.2, -0.15) is 0 Å². The monoisotopic (exact) mass is 399 g/mol. The maximum Gasteiger partial charge on any atom is 0.277 e. The van der Waals surface area contributed by atoms with Crippen LogP contribution in [0.25, 0.3) is 11.5 Å². The first-order chi connectivity index (χ1) is 14.0. The first-order valence-electron chi connectivity index (χ1n) is 9.18. The lowest BCUT2D eigenvalue weighted by molar-refractivity contribution is 0.102. The summed E-state index contributed by atoms with van der Waals surface area (Å²) in [6, 6.07) is 5.29. The van der Waals surface area contributed by atoms with Crippen LogP contribution in [0.4, 0.5) is 20.2 Å². The fraction of sp³-hybridized carbons (Fsp3) is 0.250. The van der Waals surface area contributed by atoms with Crippen molar-refractivity contribution in [1.82, 2.24) is 9.97 Å². The molecule has 1 aromatic carbocycles. The van der Waals surface area contributed by atoms with Crippen molar-refractivity contribution >= 4 is 17.3 Å². The van der Waals surface area contributed by atoms with E-state index in [1.807, 2.05) is 0 Å². The number of oxazole rings is 1. The van der Waals surface area contributed by atoms with E-state index in [1.165, 1.54) is 12.3 Å². The van der Waals surface area contributed by atoms with Crippen LogP contribution in [0, 0.1) is 11.6 Å². The van der Waals surface area contributed by atoms with Gasteiger partial charge in [-0.3, -0.25) is 9.78 Å². The number of hydrogen-bond donors (Lipinski definition) is 2. The van der Waals surface area contributed by atoms with E-state index in [9.17, 15) is 13.6 Å². The molecule has 1 aliphatic rings. The van der Waals surface area contributed by atoms with E-state index in [4.69, 9.17) is 10.2 Å². The number of nitrogens with one attached hydrogen (secondary N) is 1. The molecule has 7 nitrogen and oxygen atoms in total. The molecule has 4 rings (SSSR count). The van der Waals surface area contributed by atoms with Crippen molar-refractivity contribution in [2.45, 2.75) is 18.9 Å². The number of benzene rings is 1. The van der Waals surface area contributed by atoms with Crippen LogP contribution >= 0.6 is 0 Å². The molecule has 0 aliphatic carbocycles. The van der Waals surface area contributed by atoms with E-state index in [2.05, 4.69) is 20.2 Å². The number of aromatic nitrogens is 2. The number of amides is 1. The average molecular weight is 399 g/mol. The van der Waals surface area contributed by atoms with Crippen molar-refractivity contribution in [2.75, 3.05) is 23.3 Å². The van der Waals surface area contributed by atoms with Crippen LogP contribution in [0.15, 0.2) is 47.3 Å². The van der Waals surface area contributed by atoms with Crippen LogP contribution in [0.3, 0.4) is 0 Å². The summed E-state index contributed by atoms with van der Waals surface area (Å²) < 4.78 is 33.0. The maximum absolute atomic E-state index is 13.9. The van der Waals surface area contributed by atoms with Gasteiger partial charge in [0.25, 0.3) is 5.91 Å². The number of carbonyl (C=O) groups is 1. The van der Waals surface area contributed by atoms with Gasteiger partial charge in [0.1, 0.15) is 23.5 Å². The number of hydrogen-bond acceptors (Lipinski definition) is 6. The highest BCUT2D eigenvalue weighted by atomic mass is 19.1. The predicted octanol–water partition coefficient (Wildman–Crippen LogP) is 3.19. The molecule has 1 saturated heterocycles. The highest BCUT2D eigenvalue weighted by molar-refractivity contribution is 6.04. The quantitative estimate of drug-likeness (QED) is 0.699. The molecule has 1 atom stereocenters. The van der Waals surface area contributed by atoms with Gasteiger partial charge in [-0.05, 0) is 31.0 Å². The third-order valence-electron chi connectivity index (χ3n) is 4.76. The average Bonchev–Trinajstić information content (AvgIpc) is 3.18. The summed E-state index contributed by atoms with van der Waals surface area (Å²) in [6.07, 6.45) is 6.14. The summed E-state index contributed by atoms with van der Waals surface area (Å²) in [5.74, 6) is -2.53. The number of rotatable bonds is 4. The molecule has 3 heterocycles. The van der Waals surface area contributed by atoms with Crippen LogP contribution in [0.1, 0.15) is 23.3 Å². The Morgan fingerprint density at radius 2 is 2.07 bits per heavy atom. The molecule has 1 aliphatic heterocycles. The van der Waals surface area contributed by atoms with Crippen molar-refractivity contribution in [3.8, 4) is 11.5 Å². The van der Waals surface area contributed by atoms with Crippen LogP contribution < -0.4 is 16.0 Å². The topological polar surface area (TPSA) is 97.3 Å². The van der Waals surface area contributed by atoms with Gasteiger partial charge in [0.05, 0.1) is 17.6 Å². The molecular formula is C20H19F2N5O2. The van der Waals surface area contributed by atoms with Crippen molar-refractivity contribution < 1.29 is 18.0 Å². The number of nitrogens with two attached hydrogens (primary N) is 1. The summed E-state index contributed by atoms with van der Waals surface area (Å²) in [5, 5.41) is 2.74. The number of piperidine rings is 1. The SMILES string of the molecule is N[C@H]1CCCN(c2ccncc2NC(=O)c2coc(-c3c(F)cccc3F)n2)C1. The van der Waals surface area contributed by atoms with Gasteiger partial charge in [-0.1, -0.05) is 6.07 Å². The minimum atomic E-state index is -0.824. The van der Waals surface area contributed by atoms with Gasteiger partial charge < -0.3 is 20.4 Å². The Bertz CT molecular complexity index is 1020. The van der Waals surface area contributed by atoms with Crippen molar-refractivity contribution in [3.05, 3.63) is 60.3 Å². The van der Waals surface area contributed by atoms with E-state index < -0.39 is 23.1 Å². The third-order valence-corrected chi connectivity index (χ3v) is 4.76. The zero-order valence-corrected chi connectivity index (χ0v) is 15.4. The van der Waals surface area contributed by atoms with E-state index in [1.54, 1.807) is 12.3 Å². The van der Waals surface area contributed by atoms with Crippen molar-refractivity contribution in [1.29, 1.82) is 0 Å². The summed E-state index contributed by atoms with van der Waals surface area (Å²) in [5.41, 5.74) is 6.83. The number of anilines is 2. The zero-order chi connectivity index (χ0) is 20.4. The molecule has 1 amide bonds. The molecule has 3 N–H and O–H groups in total. The number of nitrogens with zero attached hydrogens (tertiary/aromatic N) is 3. The maximum atomic E-state index is 13.9. The summed E-state index contributed by atoms with van der Waals surface area (Å²) in [7, 11) is 0. The molecule has 29 heavy (non-hydrogen) atoms. The molecule has 150 valence electrons. The Labute approximate surface area is 165 Å². The summed E-state index contributed by atoms with van der Waals surface area (Å²) in [6.45, 7) is 1.49. The van der Waals surface area contributed by atoms with E-state index in [0.29, 0.717) is 12.2 Å². The standard InChI is InChI=1S/C20H19F2N5O2/c21-13-4-1-5-14(22)18(13)20-26-16(11-29-20)19(28)25-15-9-24-7-6-17(15)27-8-2-3-12(23)10-27/h1,4-7,9,11-12H,2-3,8,10,23H2,(H,25,28)/t12-/m0/s1. The highest BCUT2D eigenvalue weighted by Crippen LogP contribution is 2.29. The first kappa shape index (κ1) is 19.0. The zero-order valence-electron chi connectivity index (χ0n) is 15.4. The van der Waals surface area contributed by atoms with Gasteiger partial charge in [0, 0.05) is 25.3 Å². The number of halogens is 2. The lowest BCUT2D eigenvalue weighted by Crippen LogP contribution is -2.43. The molecule has 0 saturated carbocycles. The van der Waals surface area contributed by atoms with E-state index >= 15 is 0 Å². The Kier molecular flexibility index (Phi) is 5.22. The fourth-order valence-electron chi connectivity index (χ4n) is 3.37. The Morgan fingerprint density at radius 1 is 1.28 bits per heavy atom. The van der Waals surface area contributed by atoms with Crippen molar-refractivity contribution in [3.63, 3.8) is 0 Å². The summed E-state index contributed by atoms with van der Waals surface area (Å²) >= 11 is 0. The second kappa shape index (κ2) is 7.96. The van der Waals surface area contributed by atoms with Crippen molar-refractivity contribution in [2.24, 2.45) is 5.73 Å². The molecule has 9 heteroatoms. The van der Waals surface area contributed by atoms with Gasteiger partial charge in [-0.15, -0.1) is 0 Å². The number of carbonyl (C=O) groups excluding carboxylic acids is 1. The molecule has 0 bridgehead atoms. The lowest BCUT2D eigenvalue weighted by atomic mass is 10.1. The van der Waals surface area contributed by atoms with Crippen LogP contribution in [0.5, 0.6) is 0 Å². The van der Waals surface area contributed by atoms with Gasteiger partial charge in [0.2, 0.25) is 5.89 Å². The second-order valence-corrected chi connectivity index (χ2v) is 6.83. The van der Waals surface area contributed by atoms with Crippen LogP contribution in [-0.4, -0.2) is 35.0 Å². The minimum Gasteiger partial charge on any atom is -0.443 e. The molecule has 0 unspecified atom stereocenters. The fourth-order valence-corrected chi connectivity index (χ4v) is 3.37. The molecule has 0 radical (unpaired) electrons. The van der Waals surface area contributed by atoms with Crippen LogP contribution in [0.2, 0.25) is 0 Å². The molecule has 0 spiro atoms. The van der Waals surface area contributed by atoms with Gasteiger partial charge in [-0.25, -0.2) is 13.8 Å². The Morgan fingerprint density at radius 3 is 2.83 bits per heavy atom. The molecular weight excluding hydrogens is 380 g/mol. The highest BCUT2D eigenvalue weighted by Gasteiger charge is 2.22. The summed E-state index contributed by atoms with van der Waals surface area (Å²) in [4.78, 5) is 22.7. The predicted molar refractivity (Wildman–Crippen MR) is 103 cm³/mol. The smallest absolute Gasteiger partial charge is 0.277 e. The van der Waals surface area contributed by atoms with E-state index in [0.717, 1.165) is 43.5 Å². The Hall–Kier alpha value is -3.33. The first-order valence-corrected chi connectivity index (χ1v) is 9.18. The van der Waals surface area contributed by atoms with Gasteiger partial charge >= 0.3 is 0 Å². The van der Waals surface area contributed by atoms with E-state index in [-0.39, 0.29) is 17.6 Å². The Balaban J connectivity index is 1.56. The number of pyridine rings is 1. The lowest BCUT2D eigenvalue weighted by Gasteiger charge is -2.33. The second-order valence-electron chi connectivity index (χ2n) is 6.83.